The Balaban J connectivity index is 2.22. The number of aryl methyl sites for hydroxylation is 1. The SMILES string of the molecule is Cc1cnc(NC(=O)c2cc(Br)ccc2Cl)s1. The molecule has 2 aromatic rings. The summed E-state index contributed by atoms with van der Waals surface area (Å²) < 4.78 is 0.808. The lowest BCUT2D eigenvalue weighted by Gasteiger charge is -2.04. The third kappa shape index (κ3) is 3.06. The fourth-order valence-corrected chi connectivity index (χ4v) is 2.47. The number of benzene rings is 1. The maximum absolute atomic E-state index is 11.9. The van der Waals surface area contributed by atoms with E-state index in [4.69, 9.17) is 11.6 Å². The van der Waals surface area contributed by atoms with Crippen LogP contribution in [0.25, 0.3) is 0 Å². The highest BCUT2D eigenvalue weighted by molar-refractivity contribution is 9.10. The number of aromatic nitrogens is 1. The molecule has 1 aromatic carbocycles. The van der Waals surface area contributed by atoms with E-state index < -0.39 is 0 Å². The van der Waals surface area contributed by atoms with Crippen LogP contribution in [0.1, 0.15) is 15.2 Å². The van der Waals surface area contributed by atoms with Gasteiger partial charge < -0.3 is 0 Å². The molecule has 1 aromatic heterocycles. The number of nitrogens with zero attached hydrogens (tertiary/aromatic N) is 1. The van der Waals surface area contributed by atoms with Gasteiger partial charge in [-0.2, -0.15) is 0 Å². The number of anilines is 1. The van der Waals surface area contributed by atoms with Crippen molar-refractivity contribution in [3.8, 4) is 0 Å². The van der Waals surface area contributed by atoms with Gasteiger partial charge in [0.05, 0.1) is 10.6 Å². The number of amides is 1. The van der Waals surface area contributed by atoms with Crippen molar-refractivity contribution in [1.82, 2.24) is 4.98 Å². The number of thiazole rings is 1. The zero-order valence-corrected chi connectivity index (χ0v) is 12.0. The van der Waals surface area contributed by atoms with E-state index in [9.17, 15) is 4.79 Å². The molecule has 6 heteroatoms. The Bertz CT molecular complexity index is 570. The minimum atomic E-state index is -0.259. The summed E-state index contributed by atoms with van der Waals surface area (Å²) >= 11 is 10.7. The van der Waals surface area contributed by atoms with Gasteiger partial charge in [0.25, 0.3) is 5.91 Å². The molecule has 1 amide bonds. The summed E-state index contributed by atoms with van der Waals surface area (Å²) in [6.07, 6.45) is 1.71. The van der Waals surface area contributed by atoms with Gasteiger partial charge in [0.1, 0.15) is 0 Å². The molecule has 3 nitrogen and oxygen atoms in total. The molecule has 0 bridgehead atoms. The zero-order chi connectivity index (χ0) is 12.4. The number of hydrogen-bond donors (Lipinski definition) is 1. The number of rotatable bonds is 2. The van der Waals surface area contributed by atoms with Crippen molar-refractivity contribution in [2.75, 3.05) is 5.32 Å². The van der Waals surface area contributed by atoms with Crippen molar-refractivity contribution >= 4 is 49.9 Å². The van der Waals surface area contributed by atoms with Crippen molar-refractivity contribution in [3.63, 3.8) is 0 Å². The summed E-state index contributed by atoms with van der Waals surface area (Å²) in [5.41, 5.74) is 0.425. The number of carbonyl (C=O) groups excluding carboxylic acids is 1. The predicted molar refractivity (Wildman–Crippen MR) is 74.0 cm³/mol. The van der Waals surface area contributed by atoms with Crippen LogP contribution >= 0.6 is 38.9 Å². The number of nitrogens with one attached hydrogen (secondary N) is 1. The Morgan fingerprint density at radius 2 is 2.29 bits per heavy atom. The lowest BCUT2D eigenvalue weighted by molar-refractivity contribution is 0.102. The normalized spacial score (nSPS) is 10.3. The molecule has 0 spiro atoms. The fourth-order valence-electron chi connectivity index (χ4n) is 1.25. The number of hydrogen-bond acceptors (Lipinski definition) is 3. The molecule has 0 fully saturated rings. The Morgan fingerprint density at radius 1 is 1.53 bits per heavy atom. The third-order valence-electron chi connectivity index (χ3n) is 2.01. The molecule has 0 aliphatic rings. The Labute approximate surface area is 116 Å². The van der Waals surface area contributed by atoms with Crippen LogP contribution in [-0.2, 0) is 0 Å². The van der Waals surface area contributed by atoms with Gasteiger partial charge in [0.2, 0.25) is 0 Å². The smallest absolute Gasteiger partial charge is 0.258 e. The van der Waals surface area contributed by atoms with E-state index in [1.165, 1.54) is 11.3 Å². The molecular weight excluding hydrogens is 324 g/mol. The van der Waals surface area contributed by atoms with Crippen LogP contribution in [0.5, 0.6) is 0 Å². The van der Waals surface area contributed by atoms with Crippen molar-refractivity contribution in [3.05, 3.63) is 44.3 Å². The quantitative estimate of drug-likeness (QED) is 0.899. The van der Waals surface area contributed by atoms with Crippen LogP contribution in [0.3, 0.4) is 0 Å². The summed E-state index contributed by atoms with van der Waals surface area (Å²) in [7, 11) is 0. The summed E-state index contributed by atoms with van der Waals surface area (Å²) in [6.45, 7) is 1.93. The first kappa shape index (κ1) is 12.5. The van der Waals surface area contributed by atoms with Crippen LogP contribution < -0.4 is 5.32 Å². The van der Waals surface area contributed by atoms with Gasteiger partial charge in [-0.3, -0.25) is 10.1 Å². The Hall–Kier alpha value is -0.910. The minimum Gasteiger partial charge on any atom is -0.298 e. The first-order valence-electron chi connectivity index (χ1n) is 4.75. The van der Waals surface area contributed by atoms with E-state index >= 15 is 0 Å². The first-order chi connectivity index (χ1) is 8.06. The highest BCUT2D eigenvalue weighted by Crippen LogP contribution is 2.23. The average molecular weight is 332 g/mol. The zero-order valence-electron chi connectivity index (χ0n) is 8.83. The standard InChI is InChI=1S/C11H8BrClN2OS/c1-6-5-14-11(17-6)15-10(16)8-4-7(12)2-3-9(8)13/h2-5H,1H3,(H,14,15,16). The third-order valence-corrected chi connectivity index (χ3v) is 3.67. The maximum atomic E-state index is 11.9. The molecule has 2 rings (SSSR count). The van der Waals surface area contributed by atoms with Gasteiger partial charge in [-0.1, -0.05) is 27.5 Å². The summed E-state index contributed by atoms with van der Waals surface area (Å²) in [4.78, 5) is 17.1. The van der Waals surface area contributed by atoms with Crippen molar-refractivity contribution in [2.24, 2.45) is 0 Å². The van der Waals surface area contributed by atoms with E-state index in [1.807, 2.05) is 6.92 Å². The monoisotopic (exact) mass is 330 g/mol. The molecule has 0 unspecified atom stereocenters. The number of carbonyl (C=O) groups is 1. The van der Waals surface area contributed by atoms with Crippen LogP contribution in [0, 0.1) is 6.92 Å². The highest BCUT2D eigenvalue weighted by atomic mass is 79.9. The maximum Gasteiger partial charge on any atom is 0.258 e. The molecule has 1 N–H and O–H groups in total. The lowest BCUT2D eigenvalue weighted by Crippen LogP contribution is -2.12. The second-order valence-electron chi connectivity index (χ2n) is 3.35. The summed E-state index contributed by atoms with van der Waals surface area (Å²) in [6, 6.07) is 5.14. The van der Waals surface area contributed by atoms with Crippen LogP contribution in [0.2, 0.25) is 5.02 Å². The lowest BCUT2D eigenvalue weighted by atomic mass is 10.2. The molecular formula is C11H8BrClN2OS. The molecule has 0 saturated carbocycles. The Morgan fingerprint density at radius 3 is 2.94 bits per heavy atom. The topological polar surface area (TPSA) is 42.0 Å². The van der Waals surface area contributed by atoms with Crippen LogP contribution in [-0.4, -0.2) is 10.9 Å². The molecule has 88 valence electrons. The van der Waals surface area contributed by atoms with Crippen molar-refractivity contribution < 1.29 is 4.79 Å². The molecule has 0 aliphatic heterocycles. The van der Waals surface area contributed by atoms with Gasteiger partial charge >= 0.3 is 0 Å². The van der Waals surface area contributed by atoms with Crippen molar-refractivity contribution in [2.45, 2.75) is 6.92 Å². The van der Waals surface area contributed by atoms with E-state index in [1.54, 1.807) is 24.4 Å². The Kier molecular flexibility index (Phi) is 3.81. The van der Waals surface area contributed by atoms with Gasteiger partial charge in [-0.05, 0) is 25.1 Å². The molecule has 0 saturated heterocycles. The van der Waals surface area contributed by atoms with Gasteiger partial charge in [0.15, 0.2) is 5.13 Å². The van der Waals surface area contributed by atoms with Crippen molar-refractivity contribution in [1.29, 1.82) is 0 Å². The van der Waals surface area contributed by atoms with E-state index in [0.717, 1.165) is 9.35 Å². The second kappa shape index (κ2) is 5.16. The van der Waals surface area contributed by atoms with Gasteiger partial charge in [-0.25, -0.2) is 4.98 Å². The van der Waals surface area contributed by atoms with Crippen LogP contribution in [0.15, 0.2) is 28.9 Å². The summed E-state index contributed by atoms with van der Waals surface area (Å²) in [5, 5.41) is 3.70. The minimum absolute atomic E-state index is 0.259. The molecule has 0 radical (unpaired) electrons. The molecule has 0 atom stereocenters. The molecule has 0 aliphatic carbocycles. The molecule has 1 heterocycles. The average Bonchev–Trinajstić information content (AvgIpc) is 2.67. The van der Waals surface area contributed by atoms with Gasteiger partial charge in [0, 0.05) is 15.5 Å². The first-order valence-corrected chi connectivity index (χ1v) is 6.74. The second-order valence-corrected chi connectivity index (χ2v) is 5.91. The van der Waals surface area contributed by atoms with Gasteiger partial charge in [-0.15, -0.1) is 11.3 Å². The fraction of sp³-hybridized carbons (Fsp3) is 0.0909. The number of halogens is 2. The highest BCUT2D eigenvalue weighted by Gasteiger charge is 2.12. The largest absolute Gasteiger partial charge is 0.298 e. The summed E-state index contributed by atoms with van der Waals surface area (Å²) in [5.74, 6) is -0.259. The van der Waals surface area contributed by atoms with E-state index in [2.05, 4.69) is 26.2 Å². The van der Waals surface area contributed by atoms with E-state index in [0.29, 0.717) is 15.7 Å². The molecule has 17 heavy (non-hydrogen) atoms. The van der Waals surface area contributed by atoms with Crippen LogP contribution in [0.4, 0.5) is 5.13 Å². The van der Waals surface area contributed by atoms with E-state index in [-0.39, 0.29) is 5.91 Å². The predicted octanol–water partition coefficient (Wildman–Crippen LogP) is 4.12.